The number of fused-ring (bicyclic) bond motifs is 1. The topological polar surface area (TPSA) is 78.9 Å². The number of aromatic nitrogens is 4. The van der Waals surface area contributed by atoms with Gasteiger partial charge in [0.05, 0.1) is 6.20 Å². The Morgan fingerprint density at radius 1 is 1.26 bits per heavy atom. The Labute approximate surface area is 112 Å². The van der Waals surface area contributed by atoms with Gasteiger partial charge in [-0.25, -0.2) is 9.97 Å². The smallest absolute Gasteiger partial charge is 0.228 e. The molecule has 0 radical (unpaired) electrons. The summed E-state index contributed by atoms with van der Waals surface area (Å²) in [6, 6.07) is 0.0872. The van der Waals surface area contributed by atoms with Crippen LogP contribution in [0.25, 0.3) is 11.0 Å². The van der Waals surface area contributed by atoms with Crippen LogP contribution in [0.3, 0.4) is 0 Å². The molecule has 2 heterocycles. The van der Waals surface area contributed by atoms with E-state index in [0.29, 0.717) is 5.88 Å². The zero-order chi connectivity index (χ0) is 13.2. The lowest BCUT2D eigenvalue weighted by Crippen LogP contribution is -2.38. The molecule has 2 aromatic heterocycles. The second kappa shape index (κ2) is 5.13. The highest BCUT2D eigenvalue weighted by Gasteiger charge is 2.23. The van der Waals surface area contributed by atoms with Gasteiger partial charge in [-0.3, -0.25) is 4.68 Å². The van der Waals surface area contributed by atoms with Crippen LogP contribution in [0, 0.1) is 0 Å². The molecule has 0 aliphatic heterocycles. The van der Waals surface area contributed by atoms with Crippen LogP contribution >= 0.6 is 0 Å². The second-order valence-electron chi connectivity index (χ2n) is 5.14. The summed E-state index contributed by atoms with van der Waals surface area (Å²) in [5, 5.41) is 5.04. The van der Waals surface area contributed by atoms with Gasteiger partial charge in [-0.05, 0) is 19.3 Å². The fourth-order valence-electron chi connectivity index (χ4n) is 2.63. The van der Waals surface area contributed by atoms with Crippen LogP contribution in [-0.4, -0.2) is 31.9 Å². The molecule has 1 fully saturated rings. The van der Waals surface area contributed by atoms with E-state index in [0.717, 1.165) is 23.9 Å². The molecule has 2 aromatic rings. The highest BCUT2D eigenvalue weighted by Crippen LogP contribution is 2.25. The minimum atomic E-state index is 0.0424. The summed E-state index contributed by atoms with van der Waals surface area (Å²) in [5.41, 5.74) is 6.97. The van der Waals surface area contributed by atoms with E-state index in [1.54, 1.807) is 10.9 Å². The van der Waals surface area contributed by atoms with E-state index < -0.39 is 0 Å². The summed E-state index contributed by atoms with van der Waals surface area (Å²) in [4.78, 5) is 8.45. The van der Waals surface area contributed by atoms with Gasteiger partial charge in [0.2, 0.25) is 5.88 Å². The van der Waals surface area contributed by atoms with Gasteiger partial charge >= 0.3 is 0 Å². The molecule has 0 spiro atoms. The molecule has 2 atom stereocenters. The maximum Gasteiger partial charge on any atom is 0.228 e. The van der Waals surface area contributed by atoms with Crippen LogP contribution in [0.1, 0.15) is 32.1 Å². The van der Waals surface area contributed by atoms with Crippen molar-refractivity contribution in [1.82, 2.24) is 19.7 Å². The van der Waals surface area contributed by atoms with E-state index in [2.05, 4.69) is 15.1 Å². The van der Waals surface area contributed by atoms with Gasteiger partial charge in [-0.2, -0.15) is 5.10 Å². The van der Waals surface area contributed by atoms with Gasteiger partial charge in [0.15, 0.2) is 5.65 Å². The molecule has 0 saturated heterocycles. The van der Waals surface area contributed by atoms with Gasteiger partial charge in [0, 0.05) is 13.1 Å². The average Bonchev–Trinajstić information content (AvgIpc) is 2.67. The Hall–Kier alpha value is -1.69. The van der Waals surface area contributed by atoms with E-state index in [1.165, 1.54) is 25.6 Å². The van der Waals surface area contributed by atoms with Gasteiger partial charge < -0.3 is 10.5 Å². The fourth-order valence-corrected chi connectivity index (χ4v) is 2.63. The largest absolute Gasteiger partial charge is 0.472 e. The maximum absolute atomic E-state index is 6.19. The van der Waals surface area contributed by atoms with Crippen molar-refractivity contribution >= 4 is 11.0 Å². The van der Waals surface area contributed by atoms with Gasteiger partial charge in [0.25, 0.3) is 0 Å². The van der Waals surface area contributed by atoms with Crippen LogP contribution in [0.2, 0.25) is 0 Å². The molecular weight excluding hydrogens is 242 g/mol. The Bertz CT molecular complexity index is 567. The monoisotopic (exact) mass is 261 g/mol. The Balaban J connectivity index is 1.88. The van der Waals surface area contributed by atoms with E-state index >= 15 is 0 Å². The molecule has 6 nitrogen and oxygen atoms in total. The summed E-state index contributed by atoms with van der Waals surface area (Å²) < 4.78 is 7.76. The van der Waals surface area contributed by atoms with Crippen molar-refractivity contribution in [2.24, 2.45) is 12.8 Å². The molecule has 0 bridgehead atoms. The van der Waals surface area contributed by atoms with E-state index in [-0.39, 0.29) is 12.1 Å². The second-order valence-corrected chi connectivity index (χ2v) is 5.14. The molecule has 19 heavy (non-hydrogen) atoms. The summed E-state index contributed by atoms with van der Waals surface area (Å²) in [5.74, 6) is 0.598. The minimum Gasteiger partial charge on any atom is -0.472 e. The molecule has 102 valence electrons. The average molecular weight is 261 g/mol. The molecular formula is C13H19N5O. The quantitative estimate of drug-likeness (QED) is 0.827. The van der Waals surface area contributed by atoms with Crippen molar-refractivity contribution in [3.63, 3.8) is 0 Å². The van der Waals surface area contributed by atoms with E-state index in [4.69, 9.17) is 10.5 Å². The Kier molecular flexibility index (Phi) is 3.33. The fraction of sp³-hybridized carbons (Fsp3) is 0.615. The van der Waals surface area contributed by atoms with Crippen molar-refractivity contribution in [1.29, 1.82) is 0 Å². The molecule has 2 N–H and O–H groups in total. The molecule has 1 saturated carbocycles. The first-order valence-electron chi connectivity index (χ1n) is 6.80. The summed E-state index contributed by atoms with van der Waals surface area (Å²) in [7, 11) is 1.86. The highest BCUT2D eigenvalue weighted by atomic mass is 16.5. The predicted molar refractivity (Wildman–Crippen MR) is 71.8 cm³/mol. The normalized spacial score (nSPS) is 24.3. The lowest BCUT2D eigenvalue weighted by atomic mass is 10.1. The lowest BCUT2D eigenvalue weighted by molar-refractivity contribution is 0.158. The van der Waals surface area contributed by atoms with Crippen LogP contribution in [0.5, 0.6) is 5.88 Å². The lowest BCUT2D eigenvalue weighted by Gasteiger charge is -2.22. The number of nitrogens with two attached hydrogens (primary N) is 1. The van der Waals surface area contributed by atoms with Crippen molar-refractivity contribution in [3.05, 3.63) is 12.5 Å². The third kappa shape index (κ3) is 2.40. The van der Waals surface area contributed by atoms with E-state index in [9.17, 15) is 0 Å². The third-order valence-corrected chi connectivity index (χ3v) is 3.76. The van der Waals surface area contributed by atoms with Crippen molar-refractivity contribution in [3.8, 4) is 5.88 Å². The van der Waals surface area contributed by atoms with E-state index in [1.807, 2.05) is 7.05 Å². The highest BCUT2D eigenvalue weighted by molar-refractivity contribution is 5.79. The number of ether oxygens (including phenoxy) is 1. The predicted octanol–water partition coefficient (Wildman–Crippen LogP) is 1.40. The molecule has 3 rings (SSSR count). The van der Waals surface area contributed by atoms with Crippen molar-refractivity contribution < 1.29 is 4.74 Å². The zero-order valence-electron chi connectivity index (χ0n) is 11.1. The van der Waals surface area contributed by atoms with Gasteiger partial charge in [-0.15, -0.1) is 0 Å². The molecule has 1 aliphatic rings. The van der Waals surface area contributed by atoms with Gasteiger partial charge in [0.1, 0.15) is 17.8 Å². The summed E-state index contributed by atoms with van der Waals surface area (Å²) >= 11 is 0. The first-order chi connectivity index (χ1) is 9.25. The van der Waals surface area contributed by atoms with Crippen LogP contribution in [0.4, 0.5) is 0 Å². The number of nitrogens with zero attached hydrogens (tertiary/aromatic N) is 4. The SMILES string of the molecule is Cn1ncc2c(OC3CCCCCC3N)ncnc21. The van der Waals surface area contributed by atoms with Crippen LogP contribution < -0.4 is 10.5 Å². The molecule has 2 unspecified atom stereocenters. The molecule has 0 aromatic carbocycles. The number of rotatable bonds is 2. The maximum atomic E-state index is 6.19. The summed E-state index contributed by atoms with van der Waals surface area (Å²) in [6.45, 7) is 0. The van der Waals surface area contributed by atoms with Crippen molar-refractivity contribution in [2.45, 2.75) is 44.2 Å². The first-order valence-corrected chi connectivity index (χ1v) is 6.80. The first kappa shape index (κ1) is 12.3. The van der Waals surface area contributed by atoms with Crippen molar-refractivity contribution in [2.75, 3.05) is 0 Å². The number of hydrogen-bond donors (Lipinski definition) is 1. The number of hydrogen-bond acceptors (Lipinski definition) is 5. The van der Waals surface area contributed by atoms with Gasteiger partial charge in [-0.1, -0.05) is 12.8 Å². The number of aryl methyl sites for hydroxylation is 1. The Morgan fingerprint density at radius 2 is 2.11 bits per heavy atom. The van der Waals surface area contributed by atoms with Crippen LogP contribution in [-0.2, 0) is 7.05 Å². The zero-order valence-corrected chi connectivity index (χ0v) is 11.1. The summed E-state index contributed by atoms with van der Waals surface area (Å²) in [6.07, 6.45) is 8.90. The molecule has 0 amide bonds. The van der Waals surface area contributed by atoms with Crippen LogP contribution in [0.15, 0.2) is 12.5 Å². The standard InChI is InChI=1S/C13H19N5O/c1-18-12-9(7-17-18)13(16-8-15-12)19-11-6-4-2-3-5-10(11)14/h7-8,10-11H,2-6,14H2,1H3. The minimum absolute atomic E-state index is 0.0424. The molecule has 1 aliphatic carbocycles. The molecule has 6 heteroatoms. The third-order valence-electron chi connectivity index (χ3n) is 3.76. The Morgan fingerprint density at radius 3 is 3.00 bits per heavy atom.